The fourth-order valence-electron chi connectivity index (χ4n) is 3.96. The number of ketones is 1. The van der Waals surface area contributed by atoms with Crippen molar-refractivity contribution >= 4 is 11.4 Å². The topological polar surface area (TPSA) is 55.8 Å². The van der Waals surface area contributed by atoms with Crippen molar-refractivity contribution in [1.29, 1.82) is 0 Å². The molecule has 23 heavy (non-hydrogen) atoms. The van der Waals surface area contributed by atoms with Crippen LogP contribution in [0.25, 0.3) is 5.57 Å². The first-order valence-corrected chi connectivity index (χ1v) is 8.37. The summed E-state index contributed by atoms with van der Waals surface area (Å²) in [5.41, 5.74) is 2.16. The average molecular weight is 314 g/mol. The Hall–Kier alpha value is -1.81. The van der Waals surface area contributed by atoms with Crippen molar-refractivity contribution in [3.63, 3.8) is 0 Å². The van der Waals surface area contributed by atoms with Gasteiger partial charge in [0.05, 0.1) is 12.7 Å². The Morgan fingerprint density at radius 1 is 1.26 bits per heavy atom. The van der Waals surface area contributed by atoms with E-state index in [1.807, 2.05) is 18.2 Å². The van der Waals surface area contributed by atoms with Crippen LogP contribution in [0.2, 0.25) is 0 Å². The highest BCUT2D eigenvalue weighted by Crippen LogP contribution is 2.52. The van der Waals surface area contributed by atoms with E-state index in [1.165, 1.54) is 5.56 Å². The predicted molar refractivity (Wildman–Crippen MR) is 86.6 cm³/mol. The normalized spacial score (nSPS) is 23.6. The van der Waals surface area contributed by atoms with Crippen molar-refractivity contribution in [3.8, 4) is 5.75 Å². The number of ether oxygens (including phenoxy) is 2. The molecule has 0 radical (unpaired) electrons. The summed E-state index contributed by atoms with van der Waals surface area (Å²) in [5, 5.41) is 10.9. The van der Waals surface area contributed by atoms with Gasteiger partial charge in [-0.05, 0) is 54.9 Å². The lowest BCUT2D eigenvalue weighted by molar-refractivity contribution is -0.115. The highest BCUT2D eigenvalue weighted by Gasteiger charge is 2.48. The van der Waals surface area contributed by atoms with Crippen molar-refractivity contribution < 1.29 is 19.4 Å². The molecule has 0 unspecified atom stereocenters. The summed E-state index contributed by atoms with van der Waals surface area (Å²) in [5.74, 6) is 1.57. The van der Waals surface area contributed by atoms with Crippen molar-refractivity contribution in [3.05, 3.63) is 35.1 Å². The van der Waals surface area contributed by atoms with Gasteiger partial charge in [-0.25, -0.2) is 0 Å². The maximum Gasteiger partial charge on any atom is 0.167 e. The molecule has 0 atom stereocenters. The Labute approximate surface area is 136 Å². The predicted octanol–water partition coefficient (Wildman–Crippen LogP) is 3.61. The van der Waals surface area contributed by atoms with Gasteiger partial charge in [0, 0.05) is 25.0 Å². The van der Waals surface area contributed by atoms with Gasteiger partial charge in [-0.1, -0.05) is 6.07 Å². The number of Topliss-reactive ketones (excluding diaryl/α,β-unsaturated/α-hetero) is 1. The van der Waals surface area contributed by atoms with Gasteiger partial charge in [-0.3, -0.25) is 4.79 Å². The minimum absolute atomic E-state index is 0.0551. The van der Waals surface area contributed by atoms with Crippen LogP contribution in [0, 0.1) is 5.41 Å². The molecule has 1 heterocycles. The second-order valence-corrected chi connectivity index (χ2v) is 6.94. The smallest absolute Gasteiger partial charge is 0.167 e. The number of carbonyl (C=O) groups excluding carboxylic acids is 1. The van der Waals surface area contributed by atoms with E-state index < -0.39 is 5.41 Å². The van der Waals surface area contributed by atoms with E-state index in [9.17, 15) is 9.90 Å². The number of methoxy groups -OCH3 is 1. The number of hydrogen-bond donors (Lipinski definition) is 1. The van der Waals surface area contributed by atoms with Gasteiger partial charge in [0.15, 0.2) is 5.78 Å². The largest absolute Gasteiger partial charge is 0.511 e. The molecule has 1 saturated heterocycles. The first-order chi connectivity index (χ1) is 11.1. The zero-order chi connectivity index (χ0) is 16.0. The molecule has 1 aliphatic heterocycles. The molecule has 4 nitrogen and oxygen atoms in total. The van der Waals surface area contributed by atoms with Crippen molar-refractivity contribution in [1.82, 2.24) is 0 Å². The third-order valence-corrected chi connectivity index (χ3v) is 5.51. The highest BCUT2D eigenvalue weighted by atomic mass is 16.5. The molecule has 1 aromatic carbocycles. The van der Waals surface area contributed by atoms with Crippen LogP contribution in [0.5, 0.6) is 5.75 Å². The Kier molecular flexibility index (Phi) is 3.45. The number of allylic oxidation sites excluding steroid dienone is 2. The molecule has 0 amide bonds. The van der Waals surface area contributed by atoms with E-state index >= 15 is 0 Å². The summed E-state index contributed by atoms with van der Waals surface area (Å²) in [7, 11) is 1.63. The zero-order valence-electron chi connectivity index (χ0n) is 13.4. The molecule has 122 valence electrons. The molecule has 4 rings (SSSR count). The number of rotatable bonds is 3. The molecule has 0 bridgehead atoms. The first kappa shape index (κ1) is 14.8. The standard InChI is InChI=1S/C19H22O4/c1-22-13-4-5-14(12-2-3-12)15(10-13)17-16(20)11-19(18(17)21)6-8-23-9-7-19/h4-5,10,12,21H,2-3,6-9,11H2,1H3. The Bertz CT molecular complexity index is 679. The van der Waals surface area contributed by atoms with Crippen LogP contribution < -0.4 is 4.74 Å². The summed E-state index contributed by atoms with van der Waals surface area (Å²) in [6.45, 7) is 1.22. The van der Waals surface area contributed by atoms with E-state index in [-0.39, 0.29) is 11.5 Å². The molecule has 0 aromatic heterocycles. The summed E-state index contributed by atoms with van der Waals surface area (Å²) < 4.78 is 10.8. The van der Waals surface area contributed by atoms with E-state index in [2.05, 4.69) is 0 Å². The summed E-state index contributed by atoms with van der Waals surface area (Å²) in [6.07, 6.45) is 4.15. The highest BCUT2D eigenvalue weighted by molar-refractivity contribution is 6.24. The van der Waals surface area contributed by atoms with Crippen LogP contribution >= 0.6 is 0 Å². The number of benzene rings is 1. The van der Waals surface area contributed by atoms with Crippen molar-refractivity contribution in [2.45, 2.75) is 38.0 Å². The number of aliphatic hydroxyl groups excluding tert-OH is 1. The lowest BCUT2D eigenvalue weighted by Crippen LogP contribution is -2.29. The second kappa shape index (κ2) is 5.38. The van der Waals surface area contributed by atoms with E-state index in [0.29, 0.717) is 31.1 Å². The van der Waals surface area contributed by atoms with Crippen molar-refractivity contribution in [2.24, 2.45) is 5.41 Å². The first-order valence-electron chi connectivity index (χ1n) is 8.37. The van der Waals surface area contributed by atoms with Crippen LogP contribution in [0.1, 0.15) is 49.1 Å². The van der Waals surface area contributed by atoms with Crippen LogP contribution in [0.15, 0.2) is 24.0 Å². The minimum atomic E-state index is -0.408. The maximum absolute atomic E-state index is 12.8. The van der Waals surface area contributed by atoms with Crippen molar-refractivity contribution in [2.75, 3.05) is 20.3 Å². The van der Waals surface area contributed by atoms with Gasteiger partial charge in [0.25, 0.3) is 0 Å². The number of aliphatic hydroxyl groups is 1. The second-order valence-electron chi connectivity index (χ2n) is 6.94. The van der Waals surface area contributed by atoms with Gasteiger partial charge in [-0.2, -0.15) is 0 Å². The van der Waals surface area contributed by atoms with Gasteiger partial charge in [0.1, 0.15) is 11.5 Å². The zero-order valence-corrected chi connectivity index (χ0v) is 13.4. The molecule has 2 fully saturated rings. The molecule has 1 spiro atoms. The minimum Gasteiger partial charge on any atom is -0.511 e. The van der Waals surface area contributed by atoms with Crippen LogP contribution in [-0.2, 0) is 9.53 Å². The molecular weight excluding hydrogens is 292 g/mol. The summed E-state index contributed by atoms with van der Waals surface area (Å²) in [6, 6.07) is 5.90. The van der Waals surface area contributed by atoms with Gasteiger partial charge < -0.3 is 14.6 Å². The monoisotopic (exact) mass is 314 g/mol. The Morgan fingerprint density at radius 3 is 2.65 bits per heavy atom. The lowest BCUT2D eigenvalue weighted by atomic mass is 9.78. The summed E-state index contributed by atoms with van der Waals surface area (Å²) >= 11 is 0. The summed E-state index contributed by atoms with van der Waals surface area (Å²) in [4.78, 5) is 12.8. The number of hydrogen-bond acceptors (Lipinski definition) is 4. The average Bonchev–Trinajstić information content (AvgIpc) is 3.37. The molecular formula is C19H22O4. The molecule has 1 N–H and O–H groups in total. The van der Waals surface area contributed by atoms with Gasteiger partial charge in [0.2, 0.25) is 0 Å². The maximum atomic E-state index is 12.8. The molecule has 4 heteroatoms. The Morgan fingerprint density at radius 2 is 2.00 bits per heavy atom. The fraction of sp³-hybridized carbons (Fsp3) is 0.526. The fourth-order valence-corrected chi connectivity index (χ4v) is 3.96. The quantitative estimate of drug-likeness (QED) is 0.926. The molecule has 1 aromatic rings. The molecule has 1 saturated carbocycles. The van der Waals surface area contributed by atoms with Gasteiger partial charge in [-0.15, -0.1) is 0 Å². The number of carbonyl (C=O) groups is 1. The Balaban J connectivity index is 1.83. The van der Waals surface area contributed by atoms with E-state index in [1.54, 1.807) is 7.11 Å². The third kappa shape index (κ3) is 2.36. The third-order valence-electron chi connectivity index (χ3n) is 5.51. The van der Waals surface area contributed by atoms with E-state index in [0.717, 1.165) is 37.0 Å². The van der Waals surface area contributed by atoms with E-state index in [4.69, 9.17) is 9.47 Å². The van der Waals surface area contributed by atoms with Crippen LogP contribution in [0.4, 0.5) is 0 Å². The van der Waals surface area contributed by atoms with Crippen LogP contribution in [0.3, 0.4) is 0 Å². The van der Waals surface area contributed by atoms with Gasteiger partial charge >= 0.3 is 0 Å². The lowest BCUT2D eigenvalue weighted by Gasteiger charge is -2.32. The molecule has 2 aliphatic carbocycles. The SMILES string of the molecule is COc1ccc(C2CC2)c(C2=C(O)C3(CCOCC3)CC2=O)c1. The van der Waals surface area contributed by atoms with Crippen LogP contribution in [-0.4, -0.2) is 31.2 Å². The molecule has 3 aliphatic rings.